The van der Waals surface area contributed by atoms with Gasteiger partial charge in [-0.05, 0) is 97.7 Å². The molecule has 29 heavy (non-hydrogen) atoms. The van der Waals surface area contributed by atoms with Crippen molar-refractivity contribution >= 4 is 5.97 Å². The number of carboxylic acid groups (broad SMARTS) is 1. The van der Waals surface area contributed by atoms with Crippen molar-refractivity contribution in [1.29, 1.82) is 0 Å². The molecule has 10 unspecified atom stereocenters. The van der Waals surface area contributed by atoms with Crippen LogP contribution in [0, 0.1) is 46.3 Å². The number of carbonyl (C=O) groups is 1. The van der Waals surface area contributed by atoms with Crippen LogP contribution in [0.4, 0.5) is 0 Å². The third-order valence-electron chi connectivity index (χ3n) is 10.3. The molecule has 0 radical (unpaired) electrons. The van der Waals surface area contributed by atoms with Gasteiger partial charge in [0.15, 0.2) is 0 Å². The van der Waals surface area contributed by atoms with Gasteiger partial charge in [-0.15, -0.1) is 0 Å². The van der Waals surface area contributed by atoms with E-state index in [2.05, 4.69) is 20.8 Å². The van der Waals surface area contributed by atoms with Crippen LogP contribution in [0.1, 0.15) is 78.6 Å². The highest BCUT2D eigenvalue weighted by Gasteiger charge is 2.65. The van der Waals surface area contributed by atoms with E-state index >= 15 is 0 Å². The van der Waals surface area contributed by atoms with E-state index in [0.717, 1.165) is 44.9 Å². The summed E-state index contributed by atoms with van der Waals surface area (Å²) in [6.45, 7) is 6.72. The fourth-order valence-electron chi connectivity index (χ4n) is 8.68. The van der Waals surface area contributed by atoms with Gasteiger partial charge in [-0.3, -0.25) is 4.79 Å². The fourth-order valence-corrected chi connectivity index (χ4v) is 8.68. The number of aliphatic carboxylic acids is 1. The van der Waals surface area contributed by atoms with Crippen molar-refractivity contribution in [3.05, 3.63) is 0 Å². The molecule has 4 saturated carbocycles. The minimum absolute atomic E-state index is 0.0957. The molecule has 4 aliphatic carbocycles. The summed E-state index contributed by atoms with van der Waals surface area (Å²) in [5.41, 5.74) is -0.143. The SMILES string of the molecule is CC(CCC(=O)O)C1CCC2C3C(O)CC4CC(O)CCC4(C)C3C[C@@H](O)C12C. The van der Waals surface area contributed by atoms with Crippen molar-refractivity contribution in [3.63, 3.8) is 0 Å². The van der Waals surface area contributed by atoms with Crippen molar-refractivity contribution in [2.24, 2.45) is 46.3 Å². The molecule has 166 valence electrons. The Morgan fingerprint density at radius 1 is 1.03 bits per heavy atom. The Hall–Kier alpha value is -0.650. The summed E-state index contributed by atoms with van der Waals surface area (Å²) in [7, 11) is 0. The molecule has 0 spiro atoms. The molecule has 0 aromatic rings. The molecule has 4 N–H and O–H groups in total. The zero-order valence-corrected chi connectivity index (χ0v) is 18.3. The molecule has 0 aromatic heterocycles. The van der Waals surface area contributed by atoms with E-state index in [1.807, 2.05) is 0 Å². The lowest BCUT2D eigenvalue weighted by Gasteiger charge is -2.63. The summed E-state index contributed by atoms with van der Waals surface area (Å²) in [5, 5.41) is 42.0. The Kier molecular flexibility index (Phi) is 5.57. The van der Waals surface area contributed by atoms with Crippen molar-refractivity contribution in [3.8, 4) is 0 Å². The van der Waals surface area contributed by atoms with Gasteiger partial charge in [-0.2, -0.15) is 0 Å². The van der Waals surface area contributed by atoms with Crippen molar-refractivity contribution in [2.45, 2.75) is 96.9 Å². The largest absolute Gasteiger partial charge is 0.481 e. The fraction of sp³-hybridized carbons (Fsp3) is 0.958. The average molecular weight is 409 g/mol. The lowest BCUT2D eigenvalue weighted by atomic mass is 9.43. The number of carboxylic acids is 1. The predicted octanol–water partition coefficient (Wildman–Crippen LogP) is 3.45. The summed E-state index contributed by atoms with van der Waals surface area (Å²) in [5.74, 6) is 0.997. The number of aliphatic hydroxyl groups excluding tert-OH is 3. The predicted molar refractivity (Wildman–Crippen MR) is 110 cm³/mol. The molecule has 0 saturated heterocycles. The third kappa shape index (κ3) is 3.27. The van der Waals surface area contributed by atoms with Crippen LogP contribution in [-0.2, 0) is 4.79 Å². The molecule has 0 aliphatic heterocycles. The molecule has 5 nitrogen and oxygen atoms in total. The summed E-state index contributed by atoms with van der Waals surface area (Å²) in [6, 6.07) is 0. The normalized spacial score (nSPS) is 52.9. The molecule has 0 aromatic carbocycles. The summed E-state index contributed by atoms with van der Waals surface area (Å²) in [6.07, 6.45) is 6.00. The van der Waals surface area contributed by atoms with E-state index in [0.29, 0.717) is 30.1 Å². The zero-order chi connectivity index (χ0) is 21.1. The van der Waals surface area contributed by atoms with Gasteiger partial charge in [0, 0.05) is 6.42 Å². The van der Waals surface area contributed by atoms with E-state index in [-0.39, 0.29) is 41.3 Å². The van der Waals surface area contributed by atoms with Gasteiger partial charge in [-0.1, -0.05) is 20.8 Å². The third-order valence-corrected chi connectivity index (χ3v) is 10.3. The first kappa shape index (κ1) is 21.6. The molecule has 4 fully saturated rings. The smallest absolute Gasteiger partial charge is 0.303 e. The monoisotopic (exact) mass is 408 g/mol. The first-order valence-corrected chi connectivity index (χ1v) is 11.8. The Morgan fingerprint density at radius 3 is 2.45 bits per heavy atom. The molecular weight excluding hydrogens is 368 g/mol. The molecule has 0 heterocycles. The maximum absolute atomic E-state index is 11.5. The Labute approximate surface area is 174 Å². The first-order valence-electron chi connectivity index (χ1n) is 11.8. The van der Waals surface area contributed by atoms with E-state index in [1.165, 1.54) is 0 Å². The topological polar surface area (TPSA) is 98.0 Å². The molecule has 0 amide bonds. The maximum atomic E-state index is 11.5. The molecular formula is C24H40O5. The Balaban J connectivity index is 1.61. The Morgan fingerprint density at radius 2 is 1.76 bits per heavy atom. The molecule has 11 atom stereocenters. The van der Waals surface area contributed by atoms with Gasteiger partial charge in [-0.25, -0.2) is 0 Å². The van der Waals surface area contributed by atoms with Crippen LogP contribution in [-0.4, -0.2) is 44.7 Å². The van der Waals surface area contributed by atoms with Crippen LogP contribution in [0.15, 0.2) is 0 Å². The van der Waals surface area contributed by atoms with E-state index in [4.69, 9.17) is 5.11 Å². The number of hydrogen-bond acceptors (Lipinski definition) is 4. The van der Waals surface area contributed by atoms with Crippen LogP contribution in [0.5, 0.6) is 0 Å². The lowest BCUT2D eigenvalue weighted by molar-refractivity contribution is -0.207. The van der Waals surface area contributed by atoms with Crippen molar-refractivity contribution in [2.75, 3.05) is 0 Å². The summed E-state index contributed by atoms with van der Waals surface area (Å²) < 4.78 is 0. The molecule has 4 rings (SSSR count). The van der Waals surface area contributed by atoms with Crippen molar-refractivity contribution < 1.29 is 25.2 Å². The van der Waals surface area contributed by atoms with Crippen LogP contribution < -0.4 is 0 Å². The lowest BCUT2D eigenvalue weighted by Crippen LogP contribution is -2.62. The first-order chi connectivity index (χ1) is 13.6. The highest BCUT2D eigenvalue weighted by atomic mass is 16.4. The standard InChI is InChI=1S/C24H40O5/c1-13(4-7-21(28)29)16-5-6-17-22-18(12-20(27)24(16,17)3)23(2)9-8-15(25)10-14(23)11-19(22)26/h13-20,22,25-27H,4-12H2,1-3H3,(H,28,29)/t13?,14?,15?,16?,17?,18?,19?,20-,22?,23?,24?/m1/s1. The van der Waals surface area contributed by atoms with Crippen LogP contribution in [0.3, 0.4) is 0 Å². The van der Waals surface area contributed by atoms with Gasteiger partial charge in [0.25, 0.3) is 0 Å². The number of hydrogen-bond donors (Lipinski definition) is 4. The second kappa shape index (κ2) is 7.49. The van der Waals surface area contributed by atoms with E-state index < -0.39 is 12.1 Å². The van der Waals surface area contributed by atoms with Gasteiger partial charge in [0.05, 0.1) is 18.3 Å². The highest BCUT2D eigenvalue weighted by Crippen LogP contribution is 2.68. The average Bonchev–Trinajstić information content (AvgIpc) is 3.01. The van der Waals surface area contributed by atoms with Crippen LogP contribution in [0.2, 0.25) is 0 Å². The molecule has 5 heteroatoms. The minimum Gasteiger partial charge on any atom is -0.481 e. The van der Waals surface area contributed by atoms with E-state index in [1.54, 1.807) is 0 Å². The molecule has 0 bridgehead atoms. The Bertz CT molecular complexity index is 637. The summed E-state index contributed by atoms with van der Waals surface area (Å²) >= 11 is 0. The number of aliphatic hydroxyl groups is 3. The summed E-state index contributed by atoms with van der Waals surface area (Å²) in [4.78, 5) is 11.1. The minimum atomic E-state index is -0.748. The van der Waals surface area contributed by atoms with Gasteiger partial charge in [0.2, 0.25) is 0 Å². The van der Waals surface area contributed by atoms with Gasteiger partial charge >= 0.3 is 5.97 Å². The van der Waals surface area contributed by atoms with Crippen LogP contribution in [0.25, 0.3) is 0 Å². The second-order valence-corrected chi connectivity index (χ2v) is 11.4. The van der Waals surface area contributed by atoms with Gasteiger partial charge in [0.1, 0.15) is 0 Å². The quantitative estimate of drug-likeness (QED) is 0.571. The van der Waals surface area contributed by atoms with Crippen molar-refractivity contribution in [1.82, 2.24) is 0 Å². The molecule has 4 aliphatic rings. The zero-order valence-electron chi connectivity index (χ0n) is 18.3. The van der Waals surface area contributed by atoms with E-state index in [9.17, 15) is 20.1 Å². The second-order valence-electron chi connectivity index (χ2n) is 11.4. The van der Waals surface area contributed by atoms with Gasteiger partial charge < -0.3 is 20.4 Å². The number of fused-ring (bicyclic) bond motifs is 5. The van der Waals surface area contributed by atoms with Crippen LogP contribution >= 0.6 is 0 Å². The number of rotatable bonds is 4. The highest BCUT2D eigenvalue weighted by molar-refractivity contribution is 5.66. The maximum Gasteiger partial charge on any atom is 0.303 e.